The zero-order valence-electron chi connectivity index (χ0n) is 16.2. The predicted octanol–water partition coefficient (Wildman–Crippen LogP) is 4.19. The molecule has 0 N–H and O–H groups in total. The first-order valence-corrected chi connectivity index (χ1v) is 9.77. The van der Waals surface area contributed by atoms with E-state index < -0.39 is 35.7 Å². The molecule has 2 aliphatic rings. The number of hydrogen-bond donors (Lipinski definition) is 0. The molecule has 2 fully saturated rings. The van der Waals surface area contributed by atoms with Crippen molar-refractivity contribution in [1.29, 1.82) is 0 Å². The van der Waals surface area contributed by atoms with E-state index in [9.17, 15) is 14.0 Å². The van der Waals surface area contributed by atoms with Gasteiger partial charge in [-0.05, 0) is 42.3 Å². The molecule has 0 radical (unpaired) electrons. The van der Waals surface area contributed by atoms with Gasteiger partial charge in [0.15, 0.2) is 6.10 Å². The first-order chi connectivity index (χ1) is 14.6. The van der Waals surface area contributed by atoms with Gasteiger partial charge in [0, 0.05) is 0 Å². The van der Waals surface area contributed by atoms with Crippen LogP contribution in [0.3, 0.4) is 0 Å². The summed E-state index contributed by atoms with van der Waals surface area (Å²) in [6.07, 6.45) is -1.01. The molecule has 0 aliphatic carbocycles. The van der Waals surface area contributed by atoms with E-state index in [0.717, 1.165) is 21.7 Å². The van der Waals surface area contributed by atoms with E-state index in [4.69, 9.17) is 4.84 Å². The number of nitrogens with zero attached hydrogens (tertiary/aromatic N) is 2. The number of hydrogen-bond acceptors (Lipinski definition) is 4. The lowest BCUT2D eigenvalue weighted by Crippen LogP contribution is -2.38. The number of rotatable bonds is 3. The summed E-state index contributed by atoms with van der Waals surface area (Å²) in [4.78, 5) is 33.6. The van der Waals surface area contributed by atoms with Crippen LogP contribution in [0, 0.1) is 18.7 Å². The van der Waals surface area contributed by atoms with E-state index in [1.807, 2.05) is 61.5 Å². The molecule has 0 unspecified atom stereocenters. The standard InChI is InChI=1S/C24H19FN2O3/c1-15-9-5-6-12-17(15)21-20-22(30-27(21)16-10-3-2-4-11-16)24(29)26(23(20)28)19-14-8-7-13-18(19)25/h2-14,20-22H,1H3/t20-,21-,22-/m0/s1. The Kier molecular flexibility index (Phi) is 4.37. The van der Waals surface area contributed by atoms with Crippen molar-refractivity contribution in [3.8, 4) is 0 Å². The number of carbonyl (C=O) groups excluding carboxylic acids is 2. The Morgan fingerprint density at radius 3 is 2.23 bits per heavy atom. The minimum atomic E-state index is -1.01. The normalized spacial score (nSPS) is 23.2. The number of benzene rings is 3. The van der Waals surface area contributed by atoms with E-state index in [-0.39, 0.29) is 5.69 Å². The summed E-state index contributed by atoms with van der Waals surface area (Å²) < 4.78 is 14.4. The molecular weight excluding hydrogens is 383 g/mol. The van der Waals surface area contributed by atoms with Crippen molar-refractivity contribution >= 4 is 23.2 Å². The lowest BCUT2D eigenvalue weighted by molar-refractivity contribution is -0.126. The molecule has 6 heteroatoms. The number of amides is 2. The fourth-order valence-corrected chi connectivity index (χ4v) is 4.32. The highest BCUT2D eigenvalue weighted by molar-refractivity contribution is 6.24. The van der Waals surface area contributed by atoms with Crippen LogP contribution in [0.25, 0.3) is 0 Å². The van der Waals surface area contributed by atoms with Gasteiger partial charge in [-0.1, -0.05) is 54.6 Å². The van der Waals surface area contributed by atoms with Gasteiger partial charge in [-0.2, -0.15) is 0 Å². The molecule has 5 rings (SSSR count). The highest BCUT2D eigenvalue weighted by Crippen LogP contribution is 2.48. The van der Waals surface area contributed by atoms with E-state index in [0.29, 0.717) is 0 Å². The second kappa shape index (κ2) is 7.07. The Labute approximate surface area is 173 Å². The third-order valence-corrected chi connectivity index (χ3v) is 5.73. The fourth-order valence-electron chi connectivity index (χ4n) is 4.32. The van der Waals surface area contributed by atoms with Crippen LogP contribution in [0.1, 0.15) is 17.2 Å². The number of imide groups is 1. The molecule has 150 valence electrons. The smallest absolute Gasteiger partial charge is 0.266 e. The Bertz CT molecular complexity index is 1130. The number of anilines is 2. The van der Waals surface area contributed by atoms with Crippen molar-refractivity contribution in [3.05, 3.63) is 95.8 Å². The van der Waals surface area contributed by atoms with Gasteiger partial charge in [0.25, 0.3) is 5.91 Å². The van der Waals surface area contributed by atoms with Gasteiger partial charge >= 0.3 is 0 Å². The molecule has 2 amide bonds. The van der Waals surface area contributed by atoms with Crippen molar-refractivity contribution < 1.29 is 18.8 Å². The Hall–Kier alpha value is -3.51. The van der Waals surface area contributed by atoms with Crippen LogP contribution in [-0.2, 0) is 14.4 Å². The molecule has 0 aromatic heterocycles. The lowest BCUT2D eigenvalue weighted by Gasteiger charge is -2.29. The number of para-hydroxylation sites is 2. The number of halogens is 1. The van der Waals surface area contributed by atoms with Crippen LogP contribution in [0.15, 0.2) is 78.9 Å². The van der Waals surface area contributed by atoms with Crippen LogP contribution < -0.4 is 9.96 Å². The zero-order valence-corrected chi connectivity index (χ0v) is 16.2. The van der Waals surface area contributed by atoms with Gasteiger partial charge in [0.2, 0.25) is 5.91 Å². The third-order valence-electron chi connectivity index (χ3n) is 5.73. The zero-order chi connectivity index (χ0) is 20.8. The molecule has 30 heavy (non-hydrogen) atoms. The van der Waals surface area contributed by atoms with Gasteiger partial charge in [0.05, 0.1) is 17.4 Å². The molecule has 2 saturated heterocycles. The van der Waals surface area contributed by atoms with E-state index in [2.05, 4.69) is 0 Å². The van der Waals surface area contributed by atoms with E-state index in [1.165, 1.54) is 18.2 Å². The SMILES string of the molecule is Cc1ccccc1[C@H]1[C@@H]2C(=O)N(c3ccccc3F)C(=O)[C@H]2ON1c1ccccc1. The molecule has 3 aromatic rings. The summed E-state index contributed by atoms with van der Waals surface area (Å²) in [6, 6.07) is 22.4. The van der Waals surface area contributed by atoms with Crippen LogP contribution in [0.4, 0.5) is 15.8 Å². The molecule has 0 saturated carbocycles. The van der Waals surface area contributed by atoms with Crippen molar-refractivity contribution in [2.24, 2.45) is 5.92 Å². The van der Waals surface area contributed by atoms with Crippen LogP contribution in [-0.4, -0.2) is 17.9 Å². The Balaban J connectivity index is 1.62. The molecule has 2 aliphatic heterocycles. The van der Waals surface area contributed by atoms with Gasteiger partial charge in [-0.15, -0.1) is 0 Å². The highest BCUT2D eigenvalue weighted by atomic mass is 19.1. The van der Waals surface area contributed by atoms with Crippen molar-refractivity contribution in [1.82, 2.24) is 0 Å². The summed E-state index contributed by atoms with van der Waals surface area (Å²) in [5.41, 5.74) is 2.58. The quantitative estimate of drug-likeness (QED) is 0.617. The van der Waals surface area contributed by atoms with Crippen LogP contribution in [0.5, 0.6) is 0 Å². The maximum absolute atomic E-state index is 14.4. The van der Waals surface area contributed by atoms with Gasteiger partial charge in [0.1, 0.15) is 11.7 Å². The first kappa shape index (κ1) is 18.5. The van der Waals surface area contributed by atoms with Crippen LogP contribution in [0.2, 0.25) is 0 Å². The summed E-state index contributed by atoms with van der Waals surface area (Å²) in [7, 11) is 0. The van der Waals surface area contributed by atoms with Gasteiger partial charge in [-0.3, -0.25) is 14.4 Å². The van der Waals surface area contributed by atoms with Crippen molar-refractivity contribution in [2.75, 3.05) is 9.96 Å². The topological polar surface area (TPSA) is 49.9 Å². The predicted molar refractivity (Wildman–Crippen MR) is 110 cm³/mol. The second-order valence-electron chi connectivity index (χ2n) is 7.48. The maximum Gasteiger partial charge on any atom is 0.266 e. The van der Waals surface area contributed by atoms with E-state index >= 15 is 0 Å². The molecule has 5 nitrogen and oxygen atoms in total. The summed E-state index contributed by atoms with van der Waals surface area (Å²) in [5.74, 6) is -2.40. The number of carbonyl (C=O) groups is 2. The minimum absolute atomic E-state index is 0.0414. The average molecular weight is 402 g/mol. The molecular formula is C24H19FN2O3. The number of hydroxylamine groups is 1. The molecule has 3 atom stereocenters. The van der Waals surface area contributed by atoms with Crippen molar-refractivity contribution in [2.45, 2.75) is 19.1 Å². The van der Waals surface area contributed by atoms with Gasteiger partial charge < -0.3 is 0 Å². The minimum Gasteiger partial charge on any atom is -0.273 e. The Morgan fingerprint density at radius 1 is 0.833 bits per heavy atom. The van der Waals surface area contributed by atoms with Gasteiger partial charge in [-0.25, -0.2) is 14.4 Å². The average Bonchev–Trinajstić information content (AvgIpc) is 3.26. The molecule has 0 bridgehead atoms. The molecule has 3 aromatic carbocycles. The molecule has 2 heterocycles. The third kappa shape index (κ3) is 2.72. The summed E-state index contributed by atoms with van der Waals surface area (Å²) in [5, 5.41) is 1.64. The number of aryl methyl sites for hydroxylation is 1. The molecule has 0 spiro atoms. The second-order valence-corrected chi connectivity index (χ2v) is 7.48. The number of fused-ring (bicyclic) bond motifs is 1. The first-order valence-electron chi connectivity index (χ1n) is 9.77. The lowest BCUT2D eigenvalue weighted by atomic mass is 9.88. The summed E-state index contributed by atoms with van der Waals surface area (Å²) in [6.45, 7) is 1.96. The fraction of sp³-hybridized carbons (Fsp3) is 0.167. The van der Waals surface area contributed by atoms with E-state index in [1.54, 1.807) is 11.1 Å². The van der Waals surface area contributed by atoms with Crippen molar-refractivity contribution in [3.63, 3.8) is 0 Å². The summed E-state index contributed by atoms with van der Waals surface area (Å²) >= 11 is 0. The monoisotopic (exact) mass is 402 g/mol. The maximum atomic E-state index is 14.4. The largest absolute Gasteiger partial charge is 0.273 e. The van der Waals surface area contributed by atoms with Crippen LogP contribution >= 0.6 is 0 Å². The Morgan fingerprint density at radius 2 is 1.50 bits per heavy atom. The highest BCUT2D eigenvalue weighted by Gasteiger charge is 2.60.